The van der Waals surface area contributed by atoms with Crippen molar-refractivity contribution in [2.45, 2.75) is 85.5 Å². The lowest BCUT2D eigenvalue weighted by Crippen LogP contribution is -2.44. The molecule has 1 aliphatic heterocycles. The van der Waals surface area contributed by atoms with Crippen molar-refractivity contribution >= 4 is 0 Å². The van der Waals surface area contributed by atoms with Gasteiger partial charge in [0.25, 0.3) is 0 Å². The molecule has 1 aliphatic rings. The van der Waals surface area contributed by atoms with Gasteiger partial charge in [-0.25, -0.2) is 0 Å². The van der Waals surface area contributed by atoms with Gasteiger partial charge in [-0.3, -0.25) is 9.80 Å². The molecule has 0 N–H and O–H groups in total. The van der Waals surface area contributed by atoms with E-state index in [1.807, 2.05) is 0 Å². The predicted octanol–water partition coefficient (Wildman–Crippen LogP) is 3.27. The fourth-order valence-corrected chi connectivity index (χ4v) is 2.66. The van der Waals surface area contributed by atoms with Crippen LogP contribution in [0.15, 0.2) is 0 Å². The molecule has 120 valence electrons. The molecule has 0 aromatic rings. The van der Waals surface area contributed by atoms with Crippen LogP contribution in [0, 0.1) is 0 Å². The zero-order valence-corrected chi connectivity index (χ0v) is 14.3. The van der Waals surface area contributed by atoms with Crippen LogP contribution in [0.5, 0.6) is 0 Å². The summed E-state index contributed by atoms with van der Waals surface area (Å²) in [4.78, 5) is 4.86. The van der Waals surface area contributed by atoms with Crippen molar-refractivity contribution in [3.05, 3.63) is 0 Å². The Kier molecular flexibility index (Phi) is 8.03. The van der Waals surface area contributed by atoms with Gasteiger partial charge in [-0.1, -0.05) is 20.3 Å². The Balaban J connectivity index is 2.78. The largest absolute Gasteiger partial charge is 0.356 e. The fourth-order valence-electron chi connectivity index (χ4n) is 2.66. The first kappa shape index (κ1) is 17.9. The third kappa shape index (κ3) is 5.32. The highest BCUT2D eigenvalue weighted by Crippen LogP contribution is 2.25. The van der Waals surface area contributed by atoms with Crippen molar-refractivity contribution in [3.8, 4) is 0 Å². The van der Waals surface area contributed by atoms with Gasteiger partial charge in [0.1, 0.15) is 0 Å². The van der Waals surface area contributed by atoms with E-state index in [0.29, 0.717) is 0 Å². The van der Waals surface area contributed by atoms with Crippen LogP contribution in [0.2, 0.25) is 0 Å². The van der Waals surface area contributed by atoms with Gasteiger partial charge in [-0.15, -0.1) is 0 Å². The maximum absolute atomic E-state index is 6.17. The van der Waals surface area contributed by atoms with Crippen LogP contribution in [-0.4, -0.2) is 54.2 Å². The predicted molar refractivity (Wildman–Crippen MR) is 83.5 cm³/mol. The zero-order valence-electron chi connectivity index (χ0n) is 14.3. The molecule has 4 heteroatoms. The summed E-state index contributed by atoms with van der Waals surface area (Å²) in [5.74, 6) is 0. The Morgan fingerprint density at radius 3 is 1.75 bits per heavy atom. The fraction of sp³-hybridized carbons (Fsp3) is 1.00. The van der Waals surface area contributed by atoms with Gasteiger partial charge in [-0.05, 0) is 40.5 Å². The molecule has 0 amide bonds. The van der Waals surface area contributed by atoms with Crippen LogP contribution in [0.25, 0.3) is 0 Å². The maximum atomic E-state index is 6.17. The van der Waals surface area contributed by atoms with Crippen LogP contribution in [0.1, 0.15) is 60.8 Å². The second kappa shape index (κ2) is 8.98. The Morgan fingerprint density at radius 2 is 1.35 bits per heavy atom. The molecule has 1 heterocycles. The molecule has 0 spiro atoms. The van der Waals surface area contributed by atoms with Gasteiger partial charge in [0.05, 0.1) is 18.9 Å². The molecule has 1 saturated heterocycles. The number of nitrogens with zero attached hydrogens (tertiary/aromatic N) is 2. The van der Waals surface area contributed by atoms with Crippen LogP contribution in [-0.2, 0) is 9.47 Å². The number of hydrogen-bond acceptors (Lipinski definition) is 4. The Hall–Kier alpha value is -0.160. The summed E-state index contributed by atoms with van der Waals surface area (Å²) in [5.41, 5.74) is 0. The minimum Gasteiger partial charge on any atom is -0.356 e. The molecule has 0 saturated carbocycles. The van der Waals surface area contributed by atoms with Gasteiger partial charge in [0, 0.05) is 13.1 Å². The van der Waals surface area contributed by atoms with E-state index in [4.69, 9.17) is 9.47 Å². The summed E-state index contributed by atoms with van der Waals surface area (Å²) in [7, 11) is 0. The highest BCUT2D eigenvalue weighted by molar-refractivity contribution is 4.83. The van der Waals surface area contributed by atoms with Gasteiger partial charge in [-0.2, -0.15) is 0 Å². The molecular formula is C16H34N2O2. The minimum atomic E-state index is 0.0641. The normalized spacial score (nSPS) is 25.2. The molecule has 0 aromatic carbocycles. The smallest absolute Gasteiger partial charge is 0.152 e. The lowest BCUT2D eigenvalue weighted by atomic mass is 10.3. The van der Waals surface area contributed by atoms with Crippen molar-refractivity contribution < 1.29 is 9.47 Å². The van der Waals surface area contributed by atoms with Gasteiger partial charge >= 0.3 is 0 Å². The summed E-state index contributed by atoms with van der Waals surface area (Å²) in [5, 5.41) is 0. The van der Waals surface area contributed by atoms with Gasteiger partial charge in [0.15, 0.2) is 12.5 Å². The first-order chi connectivity index (χ1) is 9.49. The summed E-state index contributed by atoms with van der Waals surface area (Å²) in [6, 6.07) is 0. The first-order valence-electron chi connectivity index (χ1n) is 8.28. The SMILES string of the molecule is CCCCN1CN(CCC)C(OC(C)C)C1OC(C)C. The van der Waals surface area contributed by atoms with E-state index in [9.17, 15) is 0 Å². The molecule has 1 fully saturated rings. The highest BCUT2D eigenvalue weighted by atomic mass is 16.6. The molecule has 1 rings (SSSR count). The Bertz CT molecular complexity index is 259. The van der Waals surface area contributed by atoms with Crippen molar-refractivity contribution in [2.75, 3.05) is 19.8 Å². The first-order valence-corrected chi connectivity index (χ1v) is 8.28. The number of unbranched alkanes of at least 4 members (excludes halogenated alkanes) is 1. The number of ether oxygens (including phenoxy) is 2. The average molecular weight is 286 g/mol. The summed E-state index contributed by atoms with van der Waals surface area (Å²) >= 11 is 0. The summed E-state index contributed by atoms with van der Waals surface area (Å²) in [6.07, 6.45) is 4.16. The molecule has 0 aromatic heterocycles. The quantitative estimate of drug-likeness (QED) is 0.649. The molecule has 0 bridgehead atoms. The van der Waals surface area contributed by atoms with Crippen molar-refractivity contribution in [1.82, 2.24) is 9.80 Å². The lowest BCUT2D eigenvalue weighted by Gasteiger charge is -2.31. The summed E-state index contributed by atoms with van der Waals surface area (Å²) < 4.78 is 12.3. The van der Waals surface area contributed by atoms with Gasteiger partial charge in [0.2, 0.25) is 0 Å². The van der Waals surface area contributed by atoms with Crippen LogP contribution in [0.4, 0.5) is 0 Å². The van der Waals surface area contributed by atoms with Crippen molar-refractivity contribution in [2.24, 2.45) is 0 Å². The zero-order chi connectivity index (χ0) is 15.1. The van der Waals surface area contributed by atoms with Crippen molar-refractivity contribution in [3.63, 3.8) is 0 Å². The van der Waals surface area contributed by atoms with E-state index in [1.165, 1.54) is 12.8 Å². The average Bonchev–Trinajstić information content (AvgIpc) is 2.65. The topological polar surface area (TPSA) is 24.9 Å². The molecule has 0 aliphatic carbocycles. The van der Waals surface area contributed by atoms with E-state index in [1.54, 1.807) is 0 Å². The van der Waals surface area contributed by atoms with Crippen LogP contribution < -0.4 is 0 Å². The minimum absolute atomic E-state index is 0.0641. The standard InChI is InChI=1S/C16H34N2O2/c1-7-9-11-18-12-17(10-8-2)15(19-13(3)4)16(18)20-14(5)6/h13-16H,7-12H2,1-6H3. The Morgan fingerprint density at radius 1 is 0.850 bits per heavy atom. The number of hydrogen-bond donors (Lipinski definition) is 0. The van der Waals surface area contributed by atoms with Crippen LogP contribution in [0.3, 0.4) is 0 Å². The van der Waals surface area contributed by atoms with Gasteiger partial charge < -0.3 is 9.47 Å². The third-order valence-corrected chi connectivity index (χ3v) is 3.46. The third-order valence-electron chi connectivity index (χ3n) is 3.46. The second-order valence-electron chi connectivity index (χ2n) is 6.27. The molecule has 0 radical (unpaired) electrons. The Labute approximate surface area is 125 Å². The molecular weight excluding hydrogens is 252 g/mol. The molecule has 2 atom stereocenters. The molecule has 2 unspecified atom stereocenters. The second-order valence-corrected chi connectivity index (χ2v) is 6.27. The molecule has 4 nitrogen and oxygen atoms in total. The monoisotopic (exact) mass is 286 g/mol. The van der Waals surface area contributed by atoms with E-state index < -0.39 is 0 Å². The maximum Gasteiger partial charge on any atom is 0.152 e. The van der Waals surface area contributed by atoms with Crippen molar-refractivity contribution in [1.29, 1.82) is 0 Å². The van der Waals surface area contributed by atoms with E-state index in [0.717, 1.165) is 26.2 Å². The highest BCUT2D eigenvalue weighted by Gasteiger charge is 2.41. The van der Waals surface area contributed by atoms with E-state index in [-0.39, 0.29) is 24.7 Å². The number of rotatable bonds is 9. The van der Waals surface area contributed by atoms with Crippen LogP contribution >= 0.6 is 0 Å². The molecule has 20 heavy (non-hydrogen) atoms. The lowest BCUT2D eigenvalue weighted by molar-refractivity contribution is -0.165. The van der Waals surface area contributed by atoms with E-state index >= 15 is 0 Å². The summed E-state index contributed by atoms with van der Waals surface area (Å²) in [6.45, 7) is 16.0. The van der Waals surface area contributed by atoms with E-state index in [2.05, 4.69) is 51.3 Å².